The molecular formula is C13H8Cl4O. The predicted molar refractivity (Wildman–Crippen MR) is 78.5 cm³/mol. The molecule has 0 amide bonds. The Balaban J connectivity index is 2.59. The van der Waals surface area contributed by atoms with Crippen molar-refractivity contribution in [2.24, 2.45) is 0 Å². The van der Waals surface area contributed by atoms with Crippen LogP contribution < -0.4 is 4.74 Å². The smallest absolute Gasteiger partial charge is 0.138 e. The minimum Gasteiger partial charge on any atom is -0.495 e. The average Bonchev–Trinajstić information content (AvgIpc) is 2.33. The van der Waals surface area contributed by atoms with Gasteiger partial charge in [0.15, 0.2) is 0 Å². The molecule has 0 aliphatic carbocycles. The van der Waals surface area contributed by atoms with Crippen LogP contribution in [0.15, 0.2) is 30.3 Å². The molecule has 0 aromatic heterocycles. The lowest BCUT2D eigenvalue weighted by atomic mass is 10.1. The third-order valence-corrected chi connectivity index (χ3v) is 3.82. The Morgan fingerprint density at radius 1 is 0.778 bits per heavy atom. The van der Waals surface area contributed by atoms with Gasteiger partial charge in [-0.25, -0.2) is 0 Å². The van der Waals surface area contributed by atoms with Gasteiger partial charge in [0, 0.05) is 5.56 Å². The SMILES string of the molecule is COc1cc(-c2ccc(Cl)c(Cl)c2)c(Cl)cc1Cl. The highest BCUT2D eigenvalue weighted by atomic mass is 35.5. The Kier molecular flexibility index (Phi) is 4.29. The van der Waals surface area contributed by atoms with Crippen molar-refractivity contribution >= 4 is 46.4 Å². The summed E-state index contributed by atoms with van der Waals surface area (Å²) in [4.78, 5) is 0. The van der Waals surface area contributed by atoms with Gasteiger partial charge in [-0.2, -0.15) is 0 Å². The average molecular weight is 322 g/mol. The van der Waals surface area contributed by atoms with Gasteiger partial charge in [0.25, 0.3) is 0 Å². The van der Waals surface area contributed by atoms with Gasteiger partial charge in [-0.3, -0.25) is 0 Å². The molecule has 0 N–H and O–H groups in total. The summed E-state index contributed by atoms with van der Waals surface area (Å²) in [7, 11) is 1.55. The summed E-state index contributed by atoms with van der Waals surface area (Å²) in [5.41, 5.74) is 1.64. The summed E-state index contributed by atoms with van der Waals surface area (Å²) in [6.45, 7) is 0. The fraction of sp³-hybridized carbons (Fsp3) is 0.0769. The highest BCUT2D eigenvalue weighted by molar-refractivity contribution is 6.42. The first-order chi connectivity index (χ1) is 8.52. The van der Waals surface area contributed by atoms with Gasteiger partial charge < -0.3 is 4.74 Å². The largest absolute Gasteiger partial charge is 0.495 e. The zero-order valence-electron chi connectivity index (χ0n) is 9.31. The first-order valence-corrected chi connectivity index (χ1v) is 6.52. The van der Waals surface area contributed by atoms with Crippen molar-refractivity contribution in [1.82, 2.24) is 0 Å². The van der Waals surface area contributed by atoms with E-state index in [0.717, 1.165) is 11.1 Å². The maximum atomic E-state index is 6.17. The lowest BCUT2D eigenvalue weighted by Crippen LogP contribution is -1.87. The van der Waals surface area contributed by atoms with Crippen LogP contribution in [0.4, 0.5) is 0 Å². The molecule has 0 heterocycles. The van der Waals surface area contributed by atoms with Gasteiger partial charge >= 0.3 is 0 Å². The zero-order chi connectivity index (χ0) is 13.3. The zero-order valence-corrected chi connectivity index (χ0v) is 12.3. The lowest BCUT2D eigenvalue weighted by Gasteiger charge is -2.10. The molecule has 1 nitrogen and oxygen atoms in total. The molecule has 5 heteroatoms. The van der Waals surface area contributed by atoms with Crippen LogP contribution in [0.5, 0.6) is 5.75 Å². The van der Waals surface area contributed by atoms with Crippen molar-refractivity contribution in [2.45, 2.75) is 0 Å². The van der Waals surface area contributed by atoms with E-state index in [9.17, 15) is 0 Å². The van der Waals surface area contributed by atoms with Crippen LogP contribution >= 0.6 is 46.4 Å². The van der Waals surface area contributed by atoms with E-state index in [-0.39, 0.29) is 0 Å². The quantitative estimate of drug-likeness (QED) is 0.661. The normalized spacial score (nSPS) is 10.5. The predicted octanol–water partition coefficient (Wildman–Crippen LogP) is 5.98. The third kappa shape index (κ3) is 2.70. The molecule has 0 atom stereocenters. The van der Waals surface area contributed by atoms with Crippen LogP contribution in [0.3, 0.4) is 0 Å². The summed E-state index contributed by atoms with van der Waals surface area (Å²) < 4.78 is 5.17. The summed E-state index contributed by atoms with van der Waals surface area (Å²) in [5.74, 6) is 0.558. The lowest BCUT2D eigenvalue weighted by molar-refractivity contribution is 0.415. The number of benzene rings is 2. The van der Waals surface area contributed by atoms with Crippen LogP contribution in [0.1, 0.15) is 0 Å². The van der Waals surface area contributed by atoms with Crippen LogP contribution in [0, 0.1) is 0 Å². The van der Waals surface area contributed by atoms with Crippen molar-refractivity contribution in [1.29, 1.82) is 0 Å². The Morgan fingerprint density at radius 2 is 1.50 bits per heavy atom. The molecule has 0 spiro atoms. The molecule has 2 aromatic rings. The molecular weight excluding hydrogens is 314 g/mol. The van der Waals surface area contributed by atoms with E-state index in [2.05, 4.69) is 0 Å². The fourth-order valence-corrected chi connectivity index (χ4v) is 2.44. The number of ether oxygens (including phenoxy) is 1. The minimum absolute atomic E-state index is 0.464. The highest BCUT2D eigenvalue weighted by Gasteiger charge is 2.10. The summed E-state index contributed by atoms with van der Waals surface area (Å²) in [6.07, 6.45) is 0. The van der Waals surface area contributed by atoms with E-state index in [4.69, 9.17) is 51.1 Å². The molecule has 0 saturated heterocycles. The van der Waals surface area contributed by atoms with Crippen molar-refractivity contribution < 1.29 is 4.74 Å². The van der Waals surface area contributed by atoms with Crippen molar-refractivity contribution in [3.05, 3.63) is 50.4 Å². The standard InChI is InChI=1S/C13H8Cl4O/c1-18-13-5-8(10(15)6-12(13)17)7-2-3-9(14)11(16)4-7/h2-6H,1H3. The number of rotatable bonds is 2. The van der Waals surface area contributed by atoms with Gasteiger partial charge in [-0.1, -0.05) is 52.5 Å². The maximum Gasteiger partial charge on any atom is 0.138 e. The topological polar surface area (TPSA) is 9.23 Å². The van der Waals surface area contributed by atoms with Crippen molar-refractivity contribution in [3.63, 3.8) is 0 Å². The van der Waals surface area contributed by atoms with E-state index in [1.54, 1.807) is 31.4 Å². The highest BCUT2D eigenvalue weighted by Crippen LogP contribution is 2.38. The Bertz CT molecular complexity index is 596. The van der Waals surface area contributed by atoms with Crippen molar-refractivity contribution in [2.75, 3.05) is 7.11 Å². The van der Waals surface area contributed by atoms with E-state index >= 15 is 0 Å². The minimum atomic E-state index is 0.464. The second-order valence-corrected chi connectivity index (χ2v) is 5.22. The maximum absolute atomic E-state index is 6.17. The molecule has 18 heavy (non-hydrogen) atoms. The first kappa shape index (κ1) is 13.8. The van der Waals surface area contributed by atoms with Gasteiger partial charge in [0.1, 0.15) is 5.75 Å². The summed E-state index contributed by atoms with van der Waals surface area (Å²) >= 11 is 24.0. The van der Waals surface area contributed by atoms with E-state index in [1.807, 2.05) is 6.07 Å². The molecule has 0 aliphatic heterocycles. The number of methoxy groups -OCH3 is 1. The molecule has 0 fully saturated rings. The van der Waals surface area contributed by atoms with Crippen LogP contribution in [0.2, 0.25) is 20.1 Å². The van der Waals surface area contributed by atoms with E-state index < -0.39 is 0 Å². The van der Waals surface area contributed by atoms with Gasteiger partial charge in [0.05, 0.1) is 27.2 Å². The Hall–Kier alpha value is -0.600. The second-order valence-electron chi connectivity index (χ2n) is 3.60. The number of halogens is 4. The van der Waals surface area contributed by atoms with Crippen LogP contribution in [-0.2, 0) is 0 Å². The summed E-state index contributed by atoms with van der Waals surface area (Å²) in [6, 6.07) is 8.71. The molecule has 94 valence electrons. The first-order valence-electron chi connectivity index (χ1n) is 5.01. The Morgan fingerprint density at radius 3 is 2.11 bits per heavy atom. The Labute approximate surface area is 125 Å². The fourth-order valence-electron chi connectivity index (χ4n) is 1.57. The molecule has 0 bridgehead atoms. The molecule has 0 radical (unpaired) electrons. The van der Waals surface area contributed by atoms with Gasteiger partial charge in [-0.05, 0) is 29.8 Å². The van der Waals surface area contributed by atoms with Gasteiger partial charge in [-0.15, -0.1) is 0 Å². The molecule has 0 unspecified atom stereocenters. The molecule has 0 saturated carbocycles. The second kappa shape index (κ2) is 5.58. The molecule has 2 rings (SSSR count). The molecule has 2 aromatic carbocycles. The van der Waals surface area contributed by atoms with E-state index in [1.165, 1.54) is 0 Å². The number of hydrogen-bond acceptors (Lipinski definition) is 1. The molecule has 0 aliphatic rings. The van der Waals surface area contributed by atoms with Crippen molar-refractivity contribution in [3.8, 4) is 16.9 Å². The number of hydrogen-bond donors (Lipinski definition) is 0. The van der Waals surface area contributed by atoms with E-state index in [0.29, 0.717) is 25.8 Å². The van der Waals surface area contributed by atoms with Gasteiger partial charge in [0.2, 0.25) is 0 Å². The third-order valence-electron chi connectivity index (χ3n) is 2.47. The van der Waals surface area contributed by atoms with Crippen LogP contribution in [-0.4, -0.2) is 7.11 Å². The summed E-state index contributed by atoms with van der Waals surface area (Å²) in [5, 5.41) is 1.96. The monoisotopic (exact) mass is 320 g/mol. The van der Waals surface area contributed by atoms with Crippen LogP contribution in [0.25, 0.3) is 11.1 Å².